The third-order valence-electron chi connectivity index (χ3n) is 5.79. The molecule has 0 aliphatic rings. The summed E-state index contributed by atoms with van der Waals surface area (Å²) in [5, 5.41) is 3.80. The van der Waals surface area contributed by atoms with Gasteiger partial charge in [-0.15, -0.1) is 0 Å². The highest BCUT2D eigenvalue weighted by Crippen LogP contribution is 2.49. The van der Waals surface area contributed by atoms with E-state index in [2.05, 4.69) is 36.4 Å². The summed E-state index contributed by atoms with van der Waals surface area (Å²) in [6.07, 6.45) is 0. The van der Waals surface area contributed by atoms with Crippen molar-refractivity contribution in [1.82, 2.24) is 0 Å². The van der Waals surface area contributed by atoms with Gasteiger partial charge in [-0.1, -0.05) is 91.0 Å². The zero-order chi connectivity index (χ0) is 24.3. The SMILES string of the molecule is COC(=O)c1cc(=O)oc2cc(N=P(c3ccccc3)(c3ccccc3)c3ccccc3)ccc12. The molecule has 1 heterocycles. The van der Waals surface area contributed by atoms with Crippen LogP contribution in [0.25, 0.3) is 11.0 Å². The fourth-order valence-electron chi connectivity index (χ4n) is 4.22. The van der Waals surface area contributed by atoms with Crippen molar-refractivity contribution in [3.05, 3.63) is 131 Å². The second-order valence-electron chi connectivity index (χ2n) is 7.89. The largest absolute Gasteiger partial charge is 0.465 e. The standard InChI is InChI=1S/C29H22NO4P/c1-33-29(32)26-20-28(31)34-27-19-21(17-18-25(26)27)30-35(22-11-5-2-6-12-22,23-13-7-3-8-14-23)24-15-9-4-10-16-24/h2-20H,1H3. The molecule has 0 N–H and O–H groups in total. The van der Waals surface area contributed by atoms with Crippen molar-refractivity contribution >= 4 is 45.6 Å². The van der Waals surface area contributed by atoms with Crippen LogP contribution in [0.4, 0.5) is 5.69 Å². The first-order chi connectivity index (χ1) is 17.1. The smallest absolute Gasteiger partial charge is 0.338 e. The Kier molecular flexibility index (Phi) is 6.17. The molecule has 0 atom stereocenters. The quantitative estimate of drug-likeness (QED) is 0.193. The molecular formula is C29H22NO4P. The number of benzene rings is 4. The lowest BCUT2D eigenvalue weighted by Crippen LogP contribution is -2.25. The lowest BCUT2D eigenvalue weighted by molar-refractivity contribution is 0.0602. The zero-order valence-electron chi connectivity index (χ0n) is 19.0. The highest BCUT2D eigenvalue weighted by molar-refractivity contribution is 7.87. The van der Waals surface area contributed by atoms with E-state index >= 15 is 0 Å². The molecule has 5 nitrogen and oxygen atoms in total. The number of fused-ring (bicyclic) bond motifs is 1. The molecule has 0 aliphatic heterocycles. The molecule has 0 unspecified atom stereocenters. The molecule has 172 valence electrons. The molecule has 6 heteroatoms. The molecule has 35 heavy (non-hydrogen) atoms. The summed E-state index contributed by atoms with van der Waals surface area (Å²) >= 11 is 0. The number of hydrogen-bond acceptors (Lipinski definition) is 5. The topological polar surface area (TPSA) is 68.9 Å². The molecule has 5 aromatic rings. The van der Waals surface area contributed by atoms with Gasteiger partial charge in [-0.2, -0.15) is 0 Å². The summed E-state index contributed by atoms with van der Waals surface area (Å²) in [4.78, 5) is 24.4. The monoisotopic (exact) mass is 479 g/mol. The first kappa shape index (κ1) is 22.6. The van der Waals surface area contributed by atoms with Gasteiger partial charge in [-0.05, 0) is 12.1 Å². The Hall–Kier alpha value is -4.21. The molecule has 4 aromatic carbocycles. The normalized spacial score (nSPS) is 11.2. The lowest BCUT2D eigenvalue weighted by Gasteiger charge is -2.27. The molecule has 0 amide bonds. The number of nitrogens with zero attached hydrogens (tertiary/aromatic N) is 1. The predicted octanol–water partition coefficient (Wildman–Crippen LogP) is 5.39. The van der Waals surface area contributed by atoms with Gasteiger partial charge in [0.2, 0.25) is 0 Å². The van der Waals surface area contributed by atoms with Gasteiger partial charge in [0.15, 0.2) is 0 Å². The van der Waals surface area contributed by atoms with Crippen molar-refractivity contribution in [2.24, 2.45) is 4.74 Å². The minimum atomic E-state index is -2.49. The van der Waals surface area contributed by atoms with E-state index < -0.39 is 18.6 Å². The maximum absolute atomic E-state index is 12.2. The van der Waals surface area contributed by atoms with Crippen molar-refractivity contribution < 1.29 is 13.9 Å². The summed E-state index contributed by atoms with van der Waals surface area (Å²) in [6.45, 7) is 0. The van der Waals surface area contributed by atoms with E-state index in [1.165, 1.54) is 7.11 Å². The Bertz CT molecular complexity index is 1510. The van der Waals surface area contributed by atoms with Gasteiger partial charge in [0.1, 0.15) is 5.58 Å². The Morgan fingerprint density at radius 1 is 0.743 bits per heavy atom. The highest BCUT2D eigenvalue weighted by atomic mass is 31.2. The van der Waals surface area contributed by atoms with E-state index in [4.69, 9.17) is 13.9 Å². The number of carbonyl (C=O) groups excluding carboxylic acids is 1. The first-order valence-electron chi connectivity index (χ1n) is 11.1. The number of esters is 1. The van der Waals surface area contributed by atoms with Crippen LogP contribution in [0.1, 0.15) is 10.4 Å². The van der Waals surface area contributed by atoms with E-state index in [0.29, 0.717) is 11.1 Å². The molecule has 0 saturated heterocycles. The summed E-state index contributed by atoms with van der Waals surface area (Å²) in [5.74, 6) is -0.590. The van der Waals surface area contributed by atoms with Gasteiger partial charge in [0.25, 0.3) is 0 Å². The number of methoxy groups -OCH3 is 1. The van der Waals surface area contributed by atoms with E-state index in [9.17, 15) is 9.59 Å². The van der Waals surface area contributed by atoms with Gasteiger partial charge in [-0.25, -0.2) is 9.59 Å². The lowest BCUT2D eigenvalue weighted by atomic mass is 10.1. The van der Waals surface area contributed by atoms with Gasteiger partial charge < -0.3 is 9.15 Å². The van der Waals surface area contributed by atoms with Crippen LogP contribution in [0, 0.1) is 0 Å². The molecule has 0 bridgehead atoms. The van der Waals surface area contributed by atoms with Crippen LogP contribution in [0.2, 0.25) is 0 Å². The summed E-state index contributed by atoms with van der Waals surface area (Å²) in [6, 6.07) is 37.2. The summed E-state index contributed by atoms with van der Waals surface area (Å²) in [7, 11) is -1.21. The van der Waals surface area contributed by atoms with E-state index in [-0.39, 0.29) is 11.1 Å². The molecule has 1 aromatic heterocycles. The van der Waals surface area contributed by atoms with Crippen LogP contribution < -0.4 is 21.5 Å². The molecule has 0 saturated carbocycles. The molecule has 0 radical (unpaired) electrons. The zero-order valence-corrected chi connectivity index (χ0v) is 19.9. The van der Waals surface area contributed by atoms with Crippen molar-refractivity contribution in [3.63, 3.8) is 0 Å². The van der Waals surface area contributed by atoms with Gasteiger partial charge in [0, 0.05) is 33.4 Å². The van der Waals surface area contributed by atoms with Gasteiger partial charge in [-0.3, -0.25) is 4.74 Å². The Labute approximate surface area is 202 Å². The predicted molar refractivity (Wildman–Crippen MR) is 141 cm³/mol. The first-order valence-corrected chi connectivity index (χ1v) is 12.8. The highest BCUT2D eigenvalue weighted by Gasteiger charge is 2.27. The second-order valence-corrected chi connectivity index (χ2v) is 10.9. The van der Waals surface area contributed by atoms with Gasteiger partial charge >= 0.3 is 11.6 Å². The molecule has 5 rings (SSSR count). The van der Waals surface area contributed by atoms with Crippen LogP contribution in [-0.4, -0.2) is 13.1 Å². The number of rotatable bonds is 5. The number of carbonyl (C=O) groups is 1. The van der Waals surface area contributed by atoms with E-state index in [1.807, 2.05) is 60.7 Å². The number of ether oxygens (including phenoxy) is 1. The molecule has 0 aliphatic carbocycles. The average Bonchev–Trinajstić information content (AvgIpc) is 2.92. The third-order valence-corrected chi connectivity index (χ3v) is 9.46. The summed E-state index contributed by atoms with van der Waals surface area (Å²) in [5.41, 5.74) is 0.477. The van der Waals surface area contributed by atoms with Crippen LogP contribution in [0.15, 0.2) is 129 Å². The fraction of sp³-hybridized carbons (Fsp3) is 0.0345. The third kappa shape index (κ3) is 4.23. The Morgan fingerprint density at radius 3 is 1.74 bits per heavy atom. The molecule has 0 fully saturated rings. The molecule has 0 spiro atoms. The van der Waals surface area contributed by atoms with Crippen molar-refractivity contribution in [2.75, 3.05) is 7.11 Å². The second kappa shape index (κ2) is 9.57. The Morgan fingerprint density at radius 2 is 1.26 bits per heavy atom. The maximum Gasteiger partial charge on any atom is 0.338 e. The van der Waals surface area contributed by atoms with Crippen LogP contribution in [0.5, 0.6) is 0 Å². The van der Waals surface area contributed by atoms with Crippen LogP contribution in [0.3, 0.4) is 0 Å². The van der Waals surface area contributed by atoms with Gasteiger partial charge in [0.05, 0.1) is 25.4 Å². The van der Waals surface area contributed by atoms with E-state index in [1.54, 1.807) is 12.1 Å². The number of hydrogen-bond donors (Lipinski definition) is 0. The van der Waals surface area contributed by atoms with Crippen molar-refractivity contribution in [3.8, 4) is 0 Å². The van der Waals surface area contributed by atoms with Crippen molar-refractivity contribution in [1.29, 1.82) is 0 Å². The summed E-state index contributed by atoms with van der Waals surface area (Å²) < 4.78 is 15.7. The fourth-order valence-corrected chi connectivity index (χ4v) is 7.74. The molecular weight excluding hydrogens is 457 g/mol. The maximum atomic E-state index is 12.2. The minimum Gasteiger partial charge on any atom is -0.465 e. The Balaban J connectivity index is 1.86. The van der Waals surface area contributed by atoms with Crippen molar-refractivity contribution in [2.45, 2.75) is 0 Å². The van der Waals surface area contributed by atoms with Crippen LogP contribution >= 0.6 is 7.05 Å². The van der Waals surface area contributed by atoms with Crippen LogP contribution in [-0.2, 0) is 4.74 Å². The minimum absolute atomic E-state index is 0.167. The van der Waals surface area contributed by atoms with E-state index in [0.717, 1.165) is 22.0 Å². The average molecular weight is 479 g/mol.